The van der Waals surface area contributed by atoms with Crippen LogP contribution in [0.4, 0.5) is 0 Å². The molecule has 0 aliphatic rings. The molecule has 0 fully saturated rings. The fourth-order valence-electron chi connectivity index (χ4n) is 1.29. The van der Waals surface area contributed by atoms with Crippen LogP contribution in [0.15, 0.2) is 23.1 Å². The van der Waals surface area contributed by atoms with Crippen LogP contribution in [0.2, 0.25) is 5.02 Å². The highest BCUT2D eigenvalue weighted by Crippen LogP contribution is 2.32. The van der Waals surface area contributed by atoms with Gasteiger partial charge in [-0.2, -0.15) is 0 Å². The first-order valence-corrected chi connectivity index (χ1v) is 5.83. The summed E-state index contributed by atoms with van der Waals surface area (Å²) in [5, 5.41) is 0.824. The summed E-state index contributed by atoms with van der Waals surface area (Å²) in [5.41, 5.74) is 6.81. The topological polar surface area (TPSA) is 26.0 Å². The lowest BCUT2D eigenvalue weighted by atomic mass is 10.0. The van der Waals surface area contributed by atoms with Gasteiger partial charge in [0.05, 0.1) is 0 Å². The molecule has 0 bridgehead atoms. The van der Waals surface area contributed by atoms with Crippen molar-refractivity contribution in [2.75, 3.05) is 12.8 Å². The molecule has 0 aliphatic heterocycles. The maximum Gasteiger partial charge on any atom is 0.0452 e. The van der Waals surface area contributed by atoms with Gasteiger partial charge in [0, 0.05) is 9.92 Å². The molecule has 0 aromatic heterocycles. The van der Waals surface area contributed by atoms with Crippen molar-refractivity contribution in [1.29, 1.82) is 0 Å². The molecule has 2 N–H and O–H groups in total. The summed E-state index contributed by atoms with van der Waals surface area (Å²) in [4.78, 5) is 1.23. The summed E-state index contributed by atoms with van der Waals surface area (Å²) in [6.45, 7) is 2.73. The molecule has 1 atom stereocenters. The Morgan fingerprint density at radius 1 is 1.54 bits per heavy atom. The number of hydrogen-bond acceptors (Lipinski definition) is 2. The third kappa shape index (κ3) is 2.39. The average molecular weight is 216 g/mol. The molecule has 1 aromatic rings. The molecule has 0 radical (unpaired) electrons. The van der Waals surface area contributed by atoms with Crippen LogP contribution in [-0.4, -0.2) is 12.8 Å². The molecule has 72 valence electrons. The second-order valence-electron chi connectivity index (χ2n) is 2.99. The van der Waals surface area contributed by atoms with E-state index < -0.39 is 0 Å². The SMILES string of the molecule is CSc1cccc(Cl)c1C(C)CN. The monoisotopic (exact) mass is 215 g/mol. The van der Waals surface area contributed by atoms with Crippen LogP contribution in [0.1, 0.15) is 18.4 Å². The van der Waals surface area contributed by atoms with E-state index in [1.165, 1.54) is 10.5 Å². The van der Waals surface area contributed by atoms with Gasteiger partial charge in [0.1, 0.15) is 0 Å². The molecule has 1 aromatic carbocycles. The predicted octanol–water partition coefficient (Wildman–Crippen LogP) is 3.12. The van der Waals surface area contributed by atoms with E-state index in [9.17, 15) is 0 Å². The molecule has 1 rings (SSSR count). The van der Waals surface area contributed by atoms with Crippen LogP contribution in [-0.2, 0) is 0 Å². The van der Waals surface area contributed by atoms with Gasteiger partial charge in [-0.1, -0.05) is 24.6 Å². The highest BCUT2D eigenvalue weighted by molar-refractivity contribution is 7.98. The second kappa shape index (κ2) is 4.89. The molecule has 0 amide bonds. The number of halogens is 1. The van der Waals surface area contributed by atoms with E-state index in [1.807, 2.05) is 12.1 Å². The van der Waals surface area contributed by atoms with Crippen LogP contribution in [0.3, 0.4) is 0 Å². The van der Waals surface area contributed by atoms with E-state index in [-0.39, 0.29) is 0 Å². The quantitative estimate of drug-likeness (QED) is 0.785. The van der Waals surface area contributed by atoms with Crippen LogP contribution < -0.4 is 5.73 Å². The molecule has 3 heteroatoms. The molecule has 1 unspecified atom stereocenters. The molecule has 0 saturated heterocycles. The smallest absolute Gasteiger partial charge is 0.0452 e. The van der Waals surface area contributed by atoms with Crippen molar-refractivity contribution in [1.82, 2.24) is 0 Å². The maximum absolute atomic E-state index is 6.11. The summed E-state index contributed by atoms with van der Waals surface area (Å²) in [6, 6.07) is 5.97. The maximum atomic E-state index is 6.11. The molecule has 0 spiro atoms. The van der Waals surface area contributed by atoms with Crippen molar-refractivity contribution >= 4 is 23.4 Å². The summed E-state index contributed by atoms with van der Waals surface area (Å²) in [5.74, 6) is 0.330. The Morgan fingerprint density at radius 2 is 2.23 bits per heavy atom. The third-order valence-electron chi connectivity index (χ3n) is 2.08. The molecule has 0 aliphatic carbocycles. The van der Waals surface area contributed by atoms with Gasteiger partial charge >= 0.3 is 0 Å². The van der Waals surface area contributed by atoms with Crippen molar-refractivity contribution in [2.45, 2.75) is 17.7 Å². The number of hydrogen-bond donors (Lipinski definition) is 1. The minimum Gasteiger partial charge on any atom is -0.330 e. The predicted molar refractivity (Wildman–Crippen MR) is 60.7 cm³/mol. The van der Waals surface area contributed by atoms with E-state index in [1.54, 1.807) is 11.8 Å². The Bertz CT molecular complexity index is 288. The normalized spacial score (nSPS) is 12.9. The zero-order valence-electron chi connectivity index (χ0n) is 7.88. The van der Waals surface area contributed by atoms with Crippen molar-refractivity contribution in [3.8, 4) is 0 Å². The first-order chi connectivity index (χ1) is 6.20. The number of rotatable bonds is 3. The van der Waals surface area contributed by atoms with E-state index in [2.05, 4.69) is 19.2 Å². The van der Waals surface area contributed by atoms with Crippen molar-refractivity contribution in [3.63, 3.8) is 0 Å². The number of nitrogens with two attached hydrogens (primary N) is 1. The lowest BCUT2D eigenvalue weighted by molar-refractivity contribution is 0.758. The van der Waals surface area contributed by atoms with Crippen LogP contribution in [0, 0.1) is 0 Å². The van der Waals surface area contributed by atoms with Gasteiger partial charge in [-0.05, 0) is 36.4 Å². The van der Waals surface area contributed by atoms with Gasteiger partial charge in [0.2, 0.25) is 0 Å². The van der Waals surface area contributed by atoms with E-state index in [0.29, 0.717) is 12.5 Å². The Kier molecular flexibility index (Phi) is 4.10. The van der Waals surface area contributed by atoms with E-state index >= 15 is 0 Å². The zero-order valence-corrected chi connectivity index (χ0v) is 9.45. The number of benzene rings is 1. The van der Waals surface area contributed by atoms with Crippen molar-refractivity contribution in [3.05, 3.63) is 28.8 Å². The molecule has 0 heterocycles. The molecule has 13 heavy (non-hydrogen) atoms. The van der Waals surface area contributed by atoms with Gasteiger partial charge in [0.15, 0.2) is 0 Å². The van der Waals surface area contributed by atoms with Gasteiger partial charge in [-0.15, -0.1) is 11.8 Å². The standard InChI is InChI=1S/C10H14ClNS/c1-7(6-12)10-8(11)4-3-5-9(10)13-2/h3-5,7H,6,12H2,1-2H3. The van der Waals surface area contributed by atoms with Crippen LogP contribution >= 0.6 is 23.4 Å². The van der Waals surface area contributed by atoms with Gasteiger partial charge in [0.25, 0.3) is 0 Å². The fourth-order valence-corrected chi connectivity index (χ4v) is 2.45. The Balaban J connectivity index is 3.14. The summed E-state index contributed by atoms with van der Waals surface area (Å²) in [6.07, 6.45) is 2.05. The second-order valence-corrected chi connectivity index (χ2v) is 4.25. The minimum atomic E-state index is 0.330. The Labute approximate surface area is 88.7 Å². The molecule has 1 nitrogen and oxygen atoms in total. The van der Waals surface area contributed by atoms with Crippen LogP contribution in [0.5, 0.6) is 0 Å². The average Bonchev–Trinajstić information content (AvgIpc) is 2.16. The van der Waals surface area contributed by atoms with Crippen LogP contribution in [0.25, 0.3) is 0 Å². The van der Waals surface area contributed by atoms with Gasteiger partial charge in [-0.25, -0.2) is 0 Å². The number of thioether (sulfide) groups is 1. The van der Waals surface area contributed by atoms with Crippen molar-refractivity contribution in [2.24, 2.45) is 5.73 Å². The minimum absolute atomic E-state index is 0.330. The van der Waals surface area contributed by atoms with E-state index in [4.69, 9.17) is 17.3 Å². The fraction of sp³-hybridized carbons (Fsp3) is 0.400. The molecular weight excluding hydrogens is 202 g/mol. The Hall–Kier alpha value is -0.180. The summed E-state index contributed by atoms with van der Waals surface area (Å²) >= 11 is 7.83. The highest BCUT2D eigenvalue weighted by Gasteiger charge is 2.11. The van der Waals surface area contributed by atoms with Crippen molar-refractivity contribution < 1.29 is 0 Å². The van der Waals surface area contributed by atoms with E-state index in [0.717, 1.165) is 5.02 Å². The largest absolute Gasteiger partial charge is 0.330 e. The first-order valence-electron chi connectivity index (χ1n) is 4.23. The lowest BCUT2D eigenvalue weighted by Gasteiger charge is -2.14. The lowest BCUT2D eigenvalue weighted by Crippen LogP contribution is -2.10. The first kappa shape index (κ1) is 10.9. The summed E-state index contributed by atoms with van der Waals surface area (Å²) < 4.78 is 0. The Morgan fingerprint density at radius 3 is 2.77 bits per heavy atom. The third-order valence-corrected chi connectivity index (χ3v) is 3.20. The van der Waals surface area contributed by atoms with Gasteiger partial charge in [-0.3, -0.25) is 0 Å². The zero-order chi connectivity index (χ0) is 9.84. The highest BCUT2D eigenvalue weighted by atomic mass is 35.5. The molecule has 0 saturated carbocycles. The molecular formula is C10H14ClNS. The van der Waals surface area contributed by atoms with Gasteiger partial charge < -0.3 is 5.73 Å². The summed E-state index contributed by atoms with van der Waals surface area (Å²) in [7, 11) is 0.